The van der Waals surface area contributed by atoms with E-state index in [4.69, 9.17) is 9.26 Å². The minimum absolute atomic E-state index is 0.0233. The molecule has 3 unspecified atom stereocenters. The van der Waals surface area contributed by atoms with Crippen LogP contribution in [0.4, 0.5) is 0 Å². The smallest absolute Gasteiger partial charge is 0.227 e. The predicted octanol–water partition coefficient (Wildman–Crippen LogP) is 2.57. The topological polar surface area (TPSA) is 68.5 Å². The standard InChI is InChI=1S/C18H29N3O3/c1-17(2,3)16-19-12(24-20-16)7-8-13(22)21(6)14-11-9-10-23-15(11)18(14,4)5/h11,14-15H,7-10H2,1-6H3. The molecule has 0 aromatic carbocycles. The number of carbonyl (C=O) groups excluding carboxylic acids is 1. The van der Waals surface area contributed by atoms with E-state index in [9.17, 15) is 4.79 Å². The highest BCUT2D eigenvalue weighted by Crippen LogP contribution is 2.54. The van der Waals surface area contributed by atoms with Crippen LogP contribution < -0.4 is 0 Å². The minimum Gasteiger partial charge on any atom is -0.377 e. The van der Waals surface area contributed by atoms with E-state index < -0.39 is 0 Å². The van der Waals surface area contributed by atoms with Crippen LogP contribution >= 0.6 is 0 Å². The molecule has 134 valence electrons. The Bertz CT molecular complexity index is 617. The molecule has 3 rings (SSSR count). The number of hydrogen-bond donors (Lipinski definition) is 0. The molecule has 6 nitrogen and oxygen atoms in total. The Balaban J connectivity index is 1.58. The quantitative estimate of drug-likeness (QED) is 0.846. The Morgan fingerprint density at radius 1 is 1.38 bits per heavy atom. The number of rotatable bonds is 4. The second-order valence-electron chi connectivity index (χ2n) is 8.78. The van der Waals surface area contributed by atoms with Crippen molar-refractivity contribution < 1.29 is 14.1 Å². The predicted molar refractivity (Wildman–Crippen MR) is 89.5 cm³/mol. The fourth-order valence-corrected chi connectivity index (χ4v) is 4.29. The second kappa shape index (κ2) is 5.83. The lowest BCUT2D eigenvalue weighted by Crippen LogP contribution is -2.66. The number of hydrogen-bond acceptors (Lipinski definition) is 5. The van der Waals surface area contributed by atoms with Crippen LogP contribution in [0.15, 0.2) is 4.52 Å². The van der Waals surface area contributed by atoms with Crippen molar-refractivity contribution in [1.29, 1.82) is 0 Å². The Hall–Kier alpha value is -1.43. The molecule has 0 spiro atoms. The summed E-state index contributed by atoms with van der Waals surface area (Å²) in [6, 6.07) is 0.255. The van der Waals surface area contributed by atoms with Gasteiger partial charge in [-0.2, -0.15) is 4.98 Å². The number of fused-ring (bicyclic) bond motifs is 1. The SMILES string of the molecule is CN(C(=O)CCc1nc(C(C)(C)C)no1)C1C2CCOC2C1(C)C. The molecule has 2 aliphatic rings. The summed E-state index contributed by atoms with van der Waals surface area (Å²) in [5.41, 5.74) is -0.120. The third kappa shape index (κ3) is 2.85. The third-order valence-corrected chi connectivity index (χ3v) is 5.54. The molecule has 1 aliphatic carbocycles. The van der Waals surface area contributed by atoms with E-state index in [0.29, 0.717) is 36.6 Å². The Kier molecular flexibility index (Phi) is 4.22. The van der Waals surface area contributed by atoms with Crippen LogP contribution in [0.3, 0.4) is 0 Å². The average Bonchev–Trinajstić information content (AvgIpc) is 3.11. The van der Waals surface area contributed by atoms with Crippen molar-refractivity contribution in [2.24, 2.45) is 11.3 Å². The normalized spacial score (nSPS) is 28.3. The average molecular weight is 335 g/mol. The molecule has 24 heavy (non-hydrogen) atoms. The molecule has 3 atom stereocenters. The molecular formula is C18H29N3O3. The maximum Gasteiger partial charge on any atom is 0.227 e. The molecule has 1 aromatic rings. The highest BCUT2D eigenvalue weighted by atomic mass is 16.5. The van der Waals surface area contributed by atoms with Gasteiger partial charge in [0.1, 0.15) is 0 Å². The van der Waals surface area contributed by atoms with Crippen LogP contribution in [0.25, 0.3) is 0 Å². The maximum atomic E-state index is 12.6. The Labute approximate surface area is 143 Å². The van der Waals surface area contributed by atoms with Crippen LogP contribution in [-0.2, 0) is 21.4 Å². The van der Waals surface area contributed by atoms with Gasteiger partial charge in [0.05, 0.1) is 6.10 Å². The second-order valence-corrected chi connectivity index (χ2v) is 8.78. The number of ether oxygens (including phenoxy) is 1. The minimum atomic E-state index is -0.143. The number of amides is 1. The first kappa shape index (κ1) is 17.4. The molecular weight excluding hydrogens is 306 g/mol. The summed E-state index contributed by atoms with van der Waals surface area (Å²) >= 11 is 0. The fourth-order valence-electron chi connectivity index (χ4n) is 4.29. The molecule has 1 amide bonds. The molecule has 1 aliphatic heterocycles. The summed E-state index contributed by atoms with van der Waals surface area (Å²) in [4.78, 5) is 18.9. The Morgan fingerprint density at radius 2 is 2.08 bits per heavy atom. The van der Waals surface area contributed by atoms with Crippen molar-refractivity contribution in [1.82, 2.24) is 15.0 Å². The van der Waals surface area contributed by atoms with E-state index >= 15 is 0 Å². The van der Waals surface area contributed by atoms with E-state index in [1.54, 1.807) is 0 Å². The summed E-state index contributed by atoms with van der Waals surface area (Å²) in [5.74, 6) is 1.83. The number of aromatic nitrogens is 2. The maximum absolute atomic E-state index is 12.6. The summed E-state index contributed by atoms with van der Waals surface area (Å²) in [7, 11) is 1.91. The molecule has 1 saturated carbocycles. The largest absolute Gasteiger partial charge is 0.377 e. The van der Waals surface area contributed by atoms with E-state index in [1.807, 2.05) is 32.7 Å². The fraction of sp³-hybridized carbons (Fsp3) is 0.833. The zero-order valence-corrected chi connectivity index (χ0v) is 15.6. The van der Waals surface area contributed by atoms with Crippen molar-refractivity contribution in [2.45, 2.75) is 71.4 Å². The van der Waals surface area contributed by atoms with Gasteiger partial charge in [-0.15, -0.1) is 0 Å². The molecule has 1 saturated heterocycles. The lowest BCUT2D eigenvalue weighted by atomic mass is 9.57. The number of nitrogens with zero attached hydrogens (tertiary/aromatic N) is 3. The van der Waals surface area contributed by atoms with Gasteiger partial charge in [0.15, 0.2) is 5.82 Å². The summed E-state index contributed by atoms with van der Waals surface area (Å²) in [6.45, 7) is 11.3. The lowest BCUT2D eigenvalue weighted by molar-refractivity contribution is -0.167. The van der Waals surface area contributed by atoms with Gasteiger partial charge in [0.25, 0.3) is 0 Å². The third-order valence-electron chi connectivity index (χ3n) is 5.54. The first-order chi connectivity index (χ1) is 11.1. The summed E-state index contributed by atoms with van der Waals surface area (Å²) in [6.07, 6.45) is 2.23. The van der Waals surface area contributed by atoms with Crippen molar-refractivity contribution in [3.05, 3.63) is 11.7 Å². The molecule has 6 heteroatoms. The molecule has 2 fully saturated rings. The highest BCUT2D eigenvalue weighted by Gasteiger charge is 2.61. The molecule has 0 radical (unpaired) electrons. The van der Waals surface area contributed by atoms with Gasteiger partial charge < -0.3 is 14.2 Å². The van der Waals surface area contributed by atoms with Gasteiger partial charge >= 0.3 is 0 Å². The van der Waals surface area contributed by atoms with Gasteiger partial charge in [0, 0.05) is 49.3 Å². The zero-order chi connectivity index (χ0) is 17.7. The first-order valence-electron chi connectivity index (χ1n) is 8.82. The molecule has 0 bridgehead atoms. The van der Waals surface area contributed by atoms with Crippen LogP contribution in [0.5, 0.6) is 0 Å². The lowest BCUT2D eigenvalue weighted by Gasteiger charge is -2.57. The summed E-state index contributed by atoms with van der Waals surface area (Å²) < 4.78 is 11.1. The molecule has 0 N–H and O–H groups in total. The van der Waals surface area contributed by atoms with E-state index in [0.717, 1.165) is 13.0 Å². The van der Waals surface area contributed by atoms with Gasteiger partial charge in [-0.05, 0) is 6.42 Å². The first-order valence-corrected chi connectivity index (χ1v) is 8.82. The zero-order valence-electron chi connectivity index (χ0n) is 15.6. The van der Waals surface area contributed by atoms with Gasteiger partial charge in [-0.25, -0.2) is 0 Å². The summed E-state index contributed by atoms with van der Waals surface area (Å²) in [5, 5.41) is 4.01. The molecule has 2 heterocycles. The Morgan fingerprint density at radius 3 is 2.71 bits per heavy atom. The van der Waals surface area contributed by atoms with E-state index in [2.05, 4.69) is 24.0 Å². The monoisotopic (exact) mass is 335 g/mol. The van der Waals surface area contributed by atoms with Crippen molar-refractivity contribution in [3.8, 4) is 0 Å². The number of carbonyl (C=O) groups is 1. The van der Waals surface area contributed by atoms with Gasteiger partial charge in [-0.3, -0.25) is 4.79 Å². The highest BCUT2D eigenvalue weighted by molar-refractivity contribution is 5.76. The van der Waals surface area contributed by atoms with Crippen molar-refractivity contribution >= 4 is 5.91 Å². The van der Waals surface area contributed by atoms with Crippen LogP contribution in [-0.4, -0.2) is 46.7 Å². The van der Waals surface area contributed by atoms with Crippen LogP contribution in [0, 0.1) is 11.3 Å². The van der Waals surface area contributed by atoms with E-state index in [-0.39, 0.29) is 22.8 Å². The number of aryl methyl sites for hydroxylation is 1. The van der Waals surface area contributed by atoms with Crippen molar-refractivity contribution in [3.63, 3.8) is 0 Å². The van der Waals surface area contributed by atoms with Crippen LogP contribution in [0.1, 0.15) is 59.2 Å². The van der Waals surface area contributed by atoms with E-state index in [1.165, 1.54) is 0 Å². The molecule has 1 aromatic heterocycles. The van der Waals surface area contributed by atoms with Crippen molar-refractivity contribution in [2.75, 3.05) is 13.7 Å². The van der Waals surface area contributed by atoms with Gasteiger partial charge in [-0.1, -0.05) is 39.8 Å². The van der Waals surface area contributed by atoms with Crippen LogP contribution in [0.2, 0.25) is 0 Å². The van der Waals surface area contributed by atoms with Gasteiger partial charge in [0.2, 0.25) is 11.8 Å².